The molecular weight excluding hydrogens is 338 g/mol. The molecule has 5 heteroatoms. The summed E-state index contributed by atoms with van der Waals surface area (Å²) < 4.78 is 7.91. The first-order chi connectivity index (χ1) is 13.1. The molecule has 0 aliphatic heterocycles. The summed E-state index contributed by atoms with van der Waals surface area (Å²) in [5.41, 5.74) is 2.76. The number of para-hydroxylation sites is 1. The van der Waals surface area contributed by atoms with Gasteiger partial charge in [-0.3, -0.25) is 4.79 Å². The zero-order chi connectivity index (χ0) is 19.2. The number of ether oxygens (including phenoxy) is 1. The highest BCUT2D eigenvalue weighted by Gasteiger charge is 2.22. The van der Waals surface area contributed by atoms with Crippen LogP contribution in [-0.4, -0.2) is 27.1 Å². The molecule has 0 saturated heterocycles. The van der Waals surface area contributed by atoms with E-state index in [4.69, 9.17) is 9.84 Å². The van der Waals surface area contributed by atoms with Crippen LogP contribution >= 0.6 is 0 Å². The molecule has 0 unspecified atom stereocenters. The molecule has 3 aromatic rings. The first-order valence-electron chi connectivity index (χ1n) is 9.19. The van der Waals surface area contributed by atoms with E-state index < -0.39 is 0 Å². The van der Waals surface area contributed by atoms with Crippen LogP contribution in [0.15, 0.2) is 60.7 Å². The first-order valence-corrected chi connectivity index (χ1v) is 9.19. The molecule has 0 bridgehead atoms. The van der Waals surface area contributed by atoms with Crippen molar-refractivity contribution in [3.63, 3.8) is 0 Å². The van der Waals surface area contributed by atoms with Crippen molar-refractivity contribution < 1.29 is 9.53 Å². The van der Waals surface area contributed by atoms with Gasteiger partial charge in [-0.1, -0.05) is 55.5 Å². The number of hydrogen-bond donors (Lipinski definition) is 0. The van der Waals surface area contributed by atoms with Crippen LogP contribution in [0.4, 0.5) is 0 Å². The van der Waals surface area contributed by atoms with Gasteiger partial charge < -0.3 is 9.64 Å². The molecule has 0 radical (unpaired) electrons. The monoisotopic (exact) mass is 363 g/mol. The van der Waals surface area contributed by atoms with E-state index in [9.17, 15) is 4.79 Å². The van der Waals surface area contributed by atoms with E-state index in [-0.39, 0.29) is 5.91 Å². The zero-order valence-corrected chi connectivity index (χ0v) is 16.1. The van der Waals surface area contributed by atoms with Crippen molar-refractivity contribution in [3.8, 4) is 22.9 Å². The summed E-state index contributed by atoms with van der Waals surface area (Å²) in [5.74, 6) is 1.44. The average Bonchev–Trinajstić information content (AvgIpc) is 2.98. The van der Waals surface area contributed by atoms with Crippen molar-refractivity contribution in [1.82, 2.24) is 14.7 Å². The van der Waals surface area contributed by atoms with Gasteiger partial charge in [0.1, 0.15) is 11.4 Å². The summed E-state index contributed by atoms with van der Waals surface area (Å²) in [6.45, 7) is 4.83. The quantitative estimate of drug-likeness (QED) is 0.614. The maximum atomic E-state index is 12.1. The average molecular weight is 363 g/mol. The Bertz CT molecular complexity index is 889. The number of hydrogen-bond acceptors (Lipinski definition) is 3. The second-order valence-electron chi connectivity index (χ2n) is 6.48. The molecule has 0 spiro atoms. The van der Waals surface area contributed by atoms with Gasteiger partial charge >= 0.3 is 0 Å². The minimum absolute atomic E-state index is 0.0466. The van der Waals surface area contributed by atoms with E-state index in [1.807, 2.05) is 72.6 Å². The summed E-state index contributed by atoms with van der Waals surface area (Å²) in [6, 6.07) is 19.6. The van der Waals surface area contributed by atoms with Gasteiger partial charge in [-0.15, -0.1) is 0 Å². The molecule has 0 saturated carbocycles. The summed E-state index contributed by atoms with van der Waals surface area (Å²) >= 11 is 0. The van der Waals surface area contributed by atoms with Crippen LogP contribution < -0.4 is 4.74 Å². The molecular formula is C22H25N3O2. The van der Waals surface area contributed by atoms with Crippen LogP contribution in [0.3, 0.4) is 0 Å². The molecule has 5 nitrogen and oxygen atoms in total. The minimum Gasteiger partial charge on any atom is -0.439 e. The van der Waals surface area contributed by atoms with Gasteiger partial charge in [-0.25, -0.2) is 4.68 Å². The SMILES string of the molecule is CCCN(Cc1c(-c2ccccc2)nn(C)c1Oc1ccccc1)C(C)=O. The van der Waals surface area contributed by atoms with Crippen LogP contribution in [0.1, 0.15) is 25.8 Å². The molecule has 3 rings (SSSR count). The lowest BCUT2D eigenvalue weighted by Crippen LogP contribution is -2.29. The molecule has 0 aliphatic carbocycles. The highest BCUT2D eigenvalue weighted by atomic mass is 16.5. The van der Waals surface area contributed by atoms with Gasteiger partial charge in [0.15, 0.2) is 0 Å². The van der Waals surface area contributed by atoms with Crippen molar-refractivity contribution in [2.75, 3.05) is 6.54 Å². The Morgan fingerprint density at radius 3 is 2.30 bits per heavy atom. The number of benzene rings is 2. The van der Waals surface area contributed by atoms with Crippen LogP contribution in [0.5, 0.6) is 11.6 Å². The van der Waals surface area contributed by atoms with Crippen LogP contribution in [-0.2, 0) is 18.4 Å². The highest BCUT2D eigenvalue weighted by molar-refractivity contribution is 5.74. The third-order valence-corrected chi connectivity index (χ3v) is 4.38. The molecule has 2 aromatic carbocycles. The Hall–Kier alpha value is -3.08. The molecule has 0 N–H and O–H groups in total. The number of aromatic nitrogens is 2. The van der Waals surface area contributed by atoms with Gasteiger partial charge in [-0.2, -0.15) is 5.10 Å². The van der Waals surface area contributed by atoms with Crippen molar-refractivity contribution in [1.29, 1.82) is 0 Å². The fourth-order valence-electron chi connectivity index (χ4n) is 3.06. The van der Waals surface area contributed by atoms with E-state index in [0.29, 0.717) is 19.0 Å². The second kappa shape index (κ2) is 8.54. The fraction of sp³-hybridized carbons (Fsp3) is 0.273. The highest BCUT2D eigenvalue weighted by Crippen LogP contribution is 2.34. The molecule has 0 atom stereocenters. The summed E-state index contributed by atoms with van der Waals surface area (Å²) in [6.07, 6.45) is 0.898. The van der Waals surface area contributed by atoms with Gasteiger partial charge in [0.2, 0.25) is 11.8 Å². The first kappa shape index (κ1) is 18.7. The predicted molar refractivity (Wildman–Crippen MR) is 107 cm³/mol. The third kappa shape index (κ3) is 4.37. The van der Waals surface area contributed by atoms with Crippen LogP contribution in [0.2, 0.25) is 0 Å². The zero-order valence-electron chi connectivity index (χ0n) is 16.1. The van der Waals surface area contributed by atoms with E-state index in [2.05, 4.69) is 6.92 Å². The fourth-order valence-corrected chi connectivity index (χ4v) is 3.06. The van der Waals surface area contributed by atoms with E-state index in [1.54, 1.807) is 11.6 Å². The summed E-state index contributed by atoms with van der Waals surface area (Å²) in [5, 5.41) is 4.70. The van der Waals surface area contributed by atoms with Gasteiger partial charge in [0, 0.05) is 26.1 Å². The van der Waals surface area contributed by atoms with Gasteiger partial charge in [0.05, 0.1) is 12.1 Å². The Kier molecular flexibility index (Phi) is 5.91. The number of aryl methyl sites for hydroxylation is 1. The molecule has 27 heavy (non-hydrogen) atoms. The summed E-state index contributed by atoms with van der Waals surface area (Å²) in [7, 11) is 1.87. The Labute approximate surface area is 160 Å². The largest absolute Gasteiger partial charge is 0.439 e. The lowest BCUT2D eigenvalue weighted by molar-refractivity contribution is -0.129. The molecule has 0 fully saturated rings. The normalized spacial score (nSPS) is 10.6. The predicted octanol–water partition coefficient (Wildman–Crippen LogP) is 4.64. The van der Waals surface area contributed by atoms with E-state index in [0.717, 1.165) is 29.0 Å². The van der Waals surface area contributed by atoms with Crippen molar-refractivity contribution in [3.05, 3.63) is 66.2 Å². The lowest BCUT2D eigenvalue weighted by atomic mass is 10.1. The Morgan fingerprint density at radius 2 is 1.70 bits per heavy atom. The van der Waals surface area contributed by atoms with Crippen LogP contribution in [0, 0.1) is 0 Å². The maximum Gasteiger partial charge on any atom is 0.223 e. The maximum absolute atomic E-state index is 12.1. The number of carbonyl (C=O) groups excluding carboxylic acids is 1. The lowest BCUT2D eigenvalue weighted by Gasteiger charge is -2.21. The van der Waals surface area contributed by atoms with Crippen molar-refractivity contribution in [2.24, 2.45) is 7.05 Å². The molecule has 1 heterocycles. The van der Waals surface area contributed by atoms with E-state index >= 15 is 0 Å². The van der Waals surface area contributed by atoms with Crippen molar-refractivity contribution in [2.45, 2.75) is 26.8 Å². The Balaban J connectivity index is 2.06. The number of rotatable bonds is 7. The molecule has 1 aromatic heterocycles. The van der Waals surface area contributed by atoms with Crippen molar-refractivity contribution >= 4 is 5.91 Å². The third-order valence-electron chi connectivity index (χ3n) is 4.38. The topological polar surface area (TPSA) is 47.4 Å². The standard InChI is InChI=1S/C22H25N3O2/c1-4-15-25(17(2)26)16-20-21(18-11-7-5-8-12-18)23-24(3)22(20)27-19-13-9-6-10-14-19/h5-14H,4,15-16H2,1-3H3. The van der Waals surface area contributed by atoms with E-state index in [1.165, 1.54) is 0 Å². The summed E-state index contributed by atoms with van der Waals surface area (Å²) in [4.78, 5) is 14.0. The van der Waals surface area contributed by atoms with Crippen LogP contribution in [0.25, 0.3) is 11.3 Å². The smallest absolute Gasteiger partial charge is 0.223 e. The van der Waals surface area contributed by atoms with Gasteiger partial charge in [0.25, 0.3) is 0 Å². The molecule has 1 amide bonds. The number of carbonyl (C=O) groups is 1. The number of amides is 1. The second-order valence-corrected chi connectivity index (χ2v) is 6.48. The molecule has 140 valence electrons. The Morgan fingerprint density at radius 1 is 1.07 bits per heavy atom. The molecule has 0 aliphatic rings. The number of nitrogens with zero attached hydrogens (tertiary/aromatic N) is 3. The van der Waals surface area contributed by atoms with Gasteiger partial charge in [-0.05, 0) is 18.6 Å². The minimum atomic E-state index is 0.0466.